The second kappa shape index (κ2) is 8.62. The molecule has 134 valence electrons. The number of halogens is 2. The number of benzene rings is 2. The summed E-state index contributed by atoms with van der Waals surface area (Å²) >= 11 is 8.62. The Morgan fingerprint density at radius 2 is 1.88 bits per heavy atom. The molecule has 0 saturated heterocycles. The summed E-state index contributed by atoms with van der Waals surface area (Å²) < 4.78 is 13.0. The van der Waals surface area contributed by atoms with Crippen LogP contribution in [0, 0.1) is 5.82 Å². The van der Waals surface area contributed by atoms with Crippen molar-refractivity contribution in [3.8, 4) is 10.6 Å². The summed E-state index contributed by atoms with van der Waals surface area (Å²) in [4.78, 5) is 13.5. The van der Waals surface area contributed by atoms with Gasteiger partial charge in [0.2, 0.25) is 11.0 Å². The molecule has 1 heterocycles. The molecule has 26 heavy (non-hydrogen) atoms. The van der Waals surface area contributed by atoms with Crippen molar-refractivity contribution < 1.29 is 9.18 Å². The van der Waals surface area contributed by atoms with Crippen LogP contribution in [0.4, 0.5) is 9.52 Å². The Balaban J connectivity index is 1.66. The predicted octanol–water partition coefficient (Wildman–Crippen LogP) is 5.51. The zero-order valence-corrected chi connectivity index (χ0v) is 16.2. The molecule has 0 radical (unpaired) electrons. The van der Waals surface area contributed by atoms with Gasteiger partial charge in [-0.1, -0.05) is 29.9 Å². The molecule has 1 amide bonds. The monoisotopic (exact) mass is 407 g/mol. The van der Waals surface area contributed by atoms with Gasteiger partial charge in [0.15, 0.2) is 0 Å². The molecule has 3 rings (SSSR count). The van der Waals surface area contributed by atoms with Crippen LogP contribution in [0.15, 0.2) is 53.4 Å². The lowest BCUT2D eigenvalue weighted by molar-refractivity contribution is -0.115. The van der Waals surface area contributed by atoms with E-state index in [0.29, 0.717) is 21.6 Å². The molecule has 3 aromatic rings. The second-order valence-corrected chi connectivity index (χ2v) is 8.07. The van der Waals surface area contributed by atoms with Gasteiger partial charge < -0.3 is 0 Å². The molecule has 0 aliphatic heterocycles. The fourth-order valence-electron chi connectivity index (χ4n) is 2.17. The molecule has 0 bridgehead atoms. The Kier molecular flexibility index (Phi) is 6.24. The van der Waals surface area contributed by atoms with Crippen LogP contribution in [0.5, 0.6) is 0 Å². The van der Waals surface area contributed by atoms with E-state index in [9.17, 15) is 9.18 Å². The minimum absolute atomic E-state index is 0.130. The molecule has 0 aliphatic rings. The summed E-state index contributed by atoms with van der Waals surface area (Å²) in [6.07, 6.45) is 0.669. The first kappa shape index (κ1) is 18.8. The number of amides is 1. The third-order valence-corrected chi connectivity index (χ3v) is 6.02. The average molecular weight is 408 g/mol. The van der Waals surface area contributed by atoms with Crippen molar-refractivity contribution in [3.63, 3.8) is 0 Å². The highest BCUT2D eigenvalue weighted by Crippen LogP contribution is 2.30. The van der Waals surface area contributed by atoms with Crippen LogP contribution in [0.25, 0.3) is 10.6 Å². The molecule has 0 fully saturated rings. The van der Waals surface area contributed by atoms with Crippen LogP contribution in [-0.4, -0.2) is 21.4 Å². The molecule has 0 spiro atoms. The van der Waals surface area contributed by atoms with Crippen LogP contribution in [0.2, 0.25) is 5.02 Å². The van der Waals surface area contributed by atoms with Crippen molar-refractivity contribution in [3.05, 3.63) is 59.4 Å². The molecule has 0 aliphatic carbocycles. The molecule has 0 saturated carbocycles. The third kappa shape index (κ3) is 4.81. The molecule has 4 nitrogen and oxygen atoms in total. The number of carbonyl (C=O) groups excluding carboxylic acids is 1. The Morgan fingerprint density at radius 3 is 2.54 bits per heavy atom. The smallest absolute Gasteiger partial charge is 0.239 e. The first-order valence-electron chi connectivity index (χ1n) is 7.87. The van der Waals surface area contributed by atoms with Gasteiger partial charge in [0.05, 0.1) is 5.25 Å². The standard InChI is InChI=1S/C18H15ClFN3OS2/c1-2-15(25-14-9-5-12(19)6-10-14)16(24)21-18-23-22-17(26-18)11-3-7-13(20)8-4-11/h3-10,15H,2H2,1H3,(H,21,23,24). The van der Waals surface area contributed by atoms with Crippen molar-refractivity contribution in [1.29, 1.82) is 0 Å². The number of hydrogen-bond acceptors (Lipinski definition) is 5. The SMILES string of the molecule is CCC(Sc1ccc(Cl)cc1)C(=O)Nc1nnc(-c2ccc(F)cc2)s1. The van der Waals surface area contributed by atoms with Crippen LogP contribution in [0.3, 0.4) is 0 Å². The van der Waals surface area contributed by atoms with Gasteiger partial charge in [0.25, 0.3) is 0 Å². The zero-order valence-electron chi connectivity index (χ0n) is 13.8. The van der Waals surface area contributed by atoms with E-state index in [4.69, 9.17) is 11.6 Å². The number of anilines is 1. The van der Waals surface area contributed by atoms with Crippen molar-refractivity contribution >= 4 is 45.7 Å². The van der Waals surface area contributed by atoms with E-state index in [1.807, 2.05) is 19.1 Å². The molecule has 1 atom stereocenters. The highest BCUT2D eigenvalue weighted by atomic mass is 35.5. The van der Waals surface area contributed by atoms with E-state index in [-0.39, 0.29) is 17.0 Å². The number of rotatable bonds is 6. The van der Waals surface area contributed by atoms with Crippen LogP contribution >= 0.6 is 34.7 Å². The summed E-state index contributed by atoms with van der Waals surface area (Å²) in [6.45, 7) is 1.96. The number of carbonyl (C=O) groups is 1. The average Bonchev–Trinajstić information content (AvgIpc) is 3.10. The Labute approximate surface area is 163 Å². The summed E-state index contributed by atoms with van der Waals surface area (Å²) in [7, 11) is 0. The molecular weight excluding hydrogens is 393 g/mol. The lowest BCUT2D eigenvalue weighted by Crippen LogP contribution is -2.24. The minimum Gasteiger partial charge on any atom is -0.300 e. The van der Waals surface area contributed by atoms with E-state index in [2.05, 4.69) is 15.5 Å². The molecule has 1 aromatic heterocycles. The number of nitrogens with one attached hydrogen (secondary N) is 1. The van der Waals surface area contributed by atoms with Gasteiger partial charge in [-0.05, 0) is 55.0 Å². The zero-order chi connectivity index (χ0) is 18.5. The number of aromatic nitrogens is 2. The van der Waals surface area contributed by atoms with Gasteiger partial charge in [-0.15, -0.1) is 22.0 Å². The van der Waals surface area contributed by atoms with Crippen LogP contribution in [-0.2, 0) is 4.79 Å². The van der Waals surface area contributed by atoms with E-state index in [0.717, 1.165) is 10.5 Å². The summed E-state index contributed by atoms with van der Waals surface area (Å²) in [5, 5.41) is 12.3. The lowest BCUT2D eigenvalue weighted by Gasteiger charge is -2.13. The summed E-state index contributed by atoms with van der Waals surface area (Å²) in [5.41, 5.74) is 0.756. The van der Waals surface area contributed by atoms with Crippen molar-refractivity contribution in [2.24, 2.45) is 0 Å². The number of nitrogens with zero attached hydrogens (tertiary/aromatic N) is 2. The normalized spacial score (nSPS) is 12.0. The minimum atomic E-state index is -0.309. The first-order valence-corrected chi connectivity index (χ1v) is 9.95. The lowest BCUT2D eigenvalue weighted by atomic mass is 10.2. The predicted molar refractivity (Wildman–Crippen MR) is 105 cm³/mol. The van der Waals surface area contributed by atoms with E-state index in [1.165, 1.54) is 35.2 Å². The topological polar surface area (TPSA) is 54.9 Å². The number of hydrogen-bond donors (Lipinski definition) is 1. The summed E-state index contributed by atoms with van der Waals surface area (Å²) in [5.74, 6) is -0.439. The van der Waals surface area contributed by atoms with Gasteiger partial charge in [0.1, 0.15) is 10.8 Å². The fraction of sp³-hybridized carbons (Fsp3) is 0.167. The summed E-state index contributed by atoms with van der Waals surface area (Å²) in [6, 6.07) is 13.4. The van der Waals surface area contributed by atoms with Gasteiger partial charge >= 0.3 is 0 Å². The van der Waals surface area contributed by atoms with Gasteiger partial charge in [-0.3, -0.25) is 10.1 Å². The second-order valence-electron chi connectivity index (χ2n) is 5.38. The van der Waals surface area contributed by atoms with Gasteiger partial charge in [-0.2, -0.15) is 0 Å². The van der Waals surface area contributed by atoms with E-state index < -0.39 is 0 Å². The Hall–Kier alpha value is -1.96. The highest BCUT2D eigenvalue weighted by molar-refractivity contribution is 8.00. The Morgan fingerprint density at radius 1 is 1.19 bits per heavy atom. The van der Waals surface area contributed by atoms with Crippen molar-refractivity contribution in [1.82, 2.24) is 10.2 Å². The van der Waals surface area contributed by atoms with Crippen LogP contribution in [0.1, 0.15) is 13.3 Å². The van der Waals surface area contributed by atoms with E-state index >= 15 is 0 Å². The maximum atomic E-state index is 13.0. The van der Waals surface area contributed by atoms with Crippen LogP contribution < -0.4 is 5.32 Å². The third-order valence-electron chi connectivity index (χ3n) is 3.50. The van der Waals surface area contributed by atoms with E-state index in [1.54, 1.807) is 24.3 Å². The quantitative estimate of drug-likeness (QED) is 0.547. The molecular formula is C18H15ClFN3OS2. The van der Waals surface area contributed by atoms with Gasteiger partial charge in [0, 0.05) is 15.5 Å². The molecule has 1 unspecified atom stereocenters. The first-order chi connectivity index (χ1) is 12.5. The maximum Gasteiger partial charge on any atom is 0.239 e. The number of thioether (sulfide) groups is 1. The molecule has 1 N–H and O–H groups in total. The van der Waals surface area contributed by atoms with Crippen molar-refractivity contribution in [2.75, 3.05) is 5.32 Å². The van der Waals surface area contributed by atoms with Gasteiger partial charge in [-0.25, -0.2) is 4.39 Å². The largest absolute Gasteiger partial charge is 0.300 e. The Bertz CT molecular complexity index is 884. The van der Waals surface area contributed by atoms with Crippen molar-refractivity contribution in [2.45, 2.75) is 23.5 Å². The maximum absolute atomic E-state index is 13.0. The molecule has 8 heteroatoms. The molecule has 2 aromatic carbocycles. The highest BCUT2D eigenvalue weighted by Gasteiger charge is 2.20. The fourth-order valence-corrected chi connectivity index (χ4v) is 4.00.